The van der Waals surface area contributed by atoms with E-state index in [0.29, 0.717) is 38.5 Å². The van der Waals surface area contributed by atoms with Gasteiger partial charge in [0.15, 0.2) is 18.4 Å². The van der Waals surface area contributed by atoms with E-state index < -0.39 is 127 Å². The zero-order chi connectivity index (χ0) is 52.3. The highest BCUT2D eigenvalue weighted by Crippen LogP contribution is 2.55. The lowest BCUT2D eigenvalue weighted by Crippen LogP contribution is -2.65. The summed E-state index contributed by atoms with van der Waals surface area (Å²) in [6.45, 7) is 12.7. The van der Waals surface area contributed by atoms with E-state index in [-0.39, 0.29) is 37.7 Å². The summed E-state index contributed by atoms with van der Waals surface area (Å²) in [5, 5.41) is 68.6. The number of carbonyl (C=O) groups excluding carboxylic acids is 4. The lowest BCUT2D eigenvalue weighted by atomic mass is 9.89. The molecule has 4 rings (SSSR count). The molecule has 4 aliphatic rings. The highest BCUT2D eigenvalue weighted by Gasteiger charge is 2.71. The van der Waals surface area contributed by atoms with Gasteiger partial charge in [0.25, 0.3) is 0 Å². The minimum absolute atomic E-state index is 0.129. The summed E-state index contributed by atoms with van der Waals surface area (Å²) < 4.78 is 36.8. The fourth-order valence-corrected chi connectivity index (χ4v) is 10.8. The smallest absolute Gasteiger partial charge is 0.309 e. The van der Waals surface area contributed by atoms with Gasteiger partial charge in [0.1, 0.15) is 18.2 Å². The summed E-state index contributed by atoms with van der Waals surface area (Å²) in [6, 6.07) is -1.81. The average molecular weight is 1020 g/mol. The Morgan fingerprint density at radius 3 is 1.68 bits per heavy atom. The molecule has 17 atom stereocenters. The Hall–Kier alpha value is -2.52. The molecule has 2 aliphatic heterocycles. The van der Waals surface area contributed by atoms with Crippen molar-refractivity contribution < 1.29 is 78.2 Å². The lowest BCUT2D eigenvalue weighted by molar-refractivity contribution is -0.450. The molecule has 17 unspecified atom stereocenters. The van der Waals surface area contributed by atoms with Gasteiger partial charge in [0.05, 0.1) is 87.0 Å². The first-order valence-electron chi connectivity index (χ1n) is 27.5. The van der Waals surface area contributed by atoms with E-state index in [4.69, 9.17) is 28.4 Å². The van der Waals surface area contributed by atoms with Crippen molar-refractivity contribution in [3.05, 3.63) is 0 Å². The normalized spacial score (nSPS) is 30.8. The first-order valence-corrected chi connectivity index (χ1v) is 27.5. The van der Waals surface area contributed by atoms with Crippen LogP contribution in [0.4, 0.5) is 0 Å². The molecule has 18 nitrogen and oxygen atoms in total. The van der Waals surface area contributed by atoms with Crippen molar-refractivity contribution in [1.82, 2.24) is 10.6 Å². The Kier molecular flexibility index (Phi) is 26.4. The molecule has 0 radical (unpaired) electrons. The third-order valence-electron chi connectivity index (χ3n) is 15.2. The van der Waals surface area contributed by atoms with Gasteiger partial charge in [-0.1, -0.05) is 132 Å². The molecule has 4 fully saturated rings. The number of ether oxygens (including phenoxy) is 6. The number of esters is 2. The van der Waals surface area contributed by atoms with Gasteiger partial charge < -0.3 is 69.7 Å². The summed E-state index contributed by atoms with van der Waals surface area (Å²) in [5.41, 5.74) is 0. The fourth-order valence-electron chi connectivity index (χ4n) is 10.8. The molecule has 2 amide bonds. The molecule has 18 heteroatoms. The summed E-state index contributed by atoms with van der Waals surface area (Å²) in [4.78, 5) is 54.1. The van der Waals surface area contributed by atoms with E-state index in [9.17, 15) is 49.8 Å². The van der Waals surface area contributed by atoms with Crippen molar-refractivity contribution in [3.63, 3.8) is 0 Å². The van der Waals surface area contributed by atoms with Gasteiger partial charge in [0, 0.05) is 11.8 Å². The second-order valence-corrected chi connectivity index (χ2v) is 21.6. The second kappa shape index (κ2) is 30.8. The molecular formula is C53H94N2O16. The zero-order valence-electron chi connectivity index (χ0n) is 44.1. The summed E-state index contributed by atoms with van der Waals surface area (Å²) in [5.74, 6) is -6.41. The minimum Gasteiger partial charge on any atom is -0.462 e. The van der Waals surface area contributed by atoms with Gasteiger partial charge in [-0.2, -0.15) is 0 Å². The number of hydrogen-bond acceptors (Lipinski definition) is 16. The average Bonchev–Trinajstić information content (AvgIpc) is 3.57. The van der Waals surface area contributed by atoms with Crippen LogP contribution in [0.1, 0.15) is 190 Å². The maximum absolute atomic E-state index is 14.0. The van der Waals surface area contributed by atoms with Crippen molar-refractivity contribution >= 4 is 23.8 Å². The van der Waals surface area contributed by atoms with Gasteiger partial charge in [0.2, 0.25) is 11.8 Å². The van der Waals surface area contributed by atoms with Crippen LogP contribution in [0, 0.1) is 29.6 Å². The quantitative estimate of drug-likeness (QED) is 0.0293. The first kappa shape index (κ1) is 61.0. The van der Waals surface area contributed by atoms with Crippen LogP contribution < -0.4 is 10.6 Å². The summed E-state index contributed by atoms with van der Waals surface area (Å²) in [6.07, 6.45) is 6.51. The van der Waals surface area contributed by atoms with Gasteiger partial charge in [-0.3, -0.25) is 19.2 Å². The van der Waals surface area contributed by atoms with E-state index in [2.05, 4.69) is 31.4 Å². The minimum atomic E-state index is -1.76. The fraction of sp³-hybridized carbons (Fsp3) is 0.925. The van der Waals surface area contributed by atoms with Crippen molar-refractivity contribution in [2.45, 2.75) is 269 Å². The molecular weight excluding hydrogens is 921 g/mol. The largest absolute Gasteiger partial charge is 0.462 e. The van der Waals surface area contributed by atoms with Crippen LogP contribution in [0.3, 0.4) is 0 Å². The number of aliphatic hydroxyl groups is 6. The predicted octanol–water partition coefficient (Wildman–Crippen LogP) is 5.22. The van der Waals surface area contributed by atoms with Crippen LogP contribution in [0.15, 0.2) is 0 Å². The highest BCUT2D eigenvalue weighted by molar-refractivity contribution is 5.88. The van der Waals surface area contributed by atoms with Crippen LogP contribution in [0.25, 0.3) is 0 Å². The molecule has 0 spiro atoms. The van der Waals surface area contributed by atoms with Crippen LogP contribution in [-0.4, -0.2) is 147 Å². The highest BCUT2D eigenvalue weighted by atomic mass is 16.8. The number of hydrogen-bond donors (Lipinski definition) is 8. The number of rotatable bonds is 37. The standard InChI is InChI=1S/C53H94N2O16/c1-8-11-14-17-20-23-36(27-40(58)55-39(31-57)50(64)54-35(30-56)26-32(4)5)66-41(59)28-37(24-21-18-15-12-9-2)67-42(60)29-38(25-22-19-16-13-10-3)68-51-43-48(69-51)33(6)45(61)49(43)70-52-44-47(63)46(62)34(7)53(44,65)71-52/h32-39,43-49,51-52,56-57,61-63,65H,8-31H2,1-7H3,(H,54,64)(H,55,58). The number of fused-ring (bicyclic) bond motifs is 2. The second-order valence-electron chi connectivity index (χ2n) is 21.6. The first-order chi connectivity index (χ1) is 33.9. The Labute approximate surface area is 423 Å². The number of aliphatic hydroxyl groups excluding tert-OH is 5. The van der Waals surface area contributed by atoms with Crippen molar-refractivity contribution in [2.75, 3.05) is 13.2 Å². The van der Waals surface area contributed by atoms with E-state index >= 15 is 0 Å². The van der Waals surface area contributed by atoms with E-state index in [0.717, 1.165) is 83.5 Å². The molecule has 8 N–H and O–H groups in total. The topological polar surface area (TPSA) is 269 Å². The molecule has 2 saturated carbocycles. The van der Waals surface area contributed by atoms with Gasteiger partial charge >= 0.3 is 11.9 Å². The molecule has 0 aromatic rings. The molecule has 71 heavy (non-hydrogen) atoms. The monoisotopic (exact) mass is 1010 g/mol. The van der Waals surface area contributed by atoms with Gasteiger partial charge in [-0.05, 0) is 44.4 Å². The third-order valence-corrected chi connectivity index (χ3v) is 15.2. The van der Waals surface area contributed by atoms with E-state index in [1.54, 1.807) is 6.92 Å². The predicted molar refractivity (Wildman–Crippen MR) is 263 cm³/mol. The Morgan fingerprint density at radius 2 is 1.17 bits per heavy atom. The SMILES string of the molecule is CCCCCCCC(CC(=O)NC(CO)C(=O)NC(CO)CC(C)C)OC(=O)CC(CCCCCCC)OC(=O)CC(CCCCCCC)OC1OC2C(C)C(O)C(OC3OC4(O)C(C)C(O)C(O)C34)C12. The molecule has 2 saturated heterocycles. The number of unbranched alkanes of at least 4 members (excludes halogenated alkanes) is 12. The third kappa shape index (κ3) is 17.8. The van der Waals surface area contributed by atoms with Crippen molar-refractivity contribution in [2.24, 2.45) is 29.6 Å². The van der Waals surface area contributed by atoms with E-state index in [1.165, 1.54) is 0 Å². The number of amides is 2. The maximum atomic E-state index is 14.0. The summed E-state index contributed by atoms with van der Waals surface area (Å²) in [7, 11) is 0. The number of carbonyl (C=O) groups is 4. The van der Waals surface area contributed by atoms with Crippen LogP contribution in [0.5, 0.6) is 0 Å². The van der Waals surface area contributed by atoms with Crippen LogP contribution >= 0.6 is 0 Å². The van der Waals surface area contributed by atoms with E-state index in [1.807, 2.05) is 20.8 Å². The molecule has 0 aromatic heterocycles. The molecule has 2 aliphatic carbocycles. The zero-order valence-corrected chi connectivity index (χ0v) is 44.1. The van der Waals surface area contributed by atoms with Crippen LogP contribution in [0.2, 0.25) is 0 Å². The molecule has 2 heterocycles. The molecule has 412 valence electrons. The Balaban J connectivity index is 1.43. The van der Waals surface area contributed by atoms with Gasteiger partial charge in [-0.25, -0.2) is 0 Å². The number of nitrogens with one attached hydrogen (secondary N) is 2. The Bertz CT molecular complexity index is 1590. The Morgan fingerprint density at radius 1 is 0.648 bits per heavy atom. The van der Waals surface area contributed by atoms with Crippen molar-refractivity contribution in [3.8, 4) is 0 Å². The van der Waals surface area contributed by atoms with Crippen LogP contribution in [-0.2, 0) is 47.6 Å². The lowest BCUT2D eigenvalue weighted by Gasteiger charge is -2.51. The van der Waals surface area contributed by atoms with Gasteiger partial charge in [-0.15, -0.1) is 0 Å². The molecule has 0 aromatic carbocycles. The molecule has 0 bridgehead atoms. The maximum Gasteiger partial charge on any atom is 0.309 e. The van der Waals surface area contributed by atoms with Crippen molar-refractivity contribution in [1.29, 1.82) is 0 Å². The summed E-state index contributed by atoms with van der Waals surface area (Å²) >= 11 is 0.